The Kier molecular flexibility index (Phi) is 11.7. The van der Waals surface area contributed by atoms with Gasteiger partial charge in [0.2, 0.25) is 0 Å². The van der Waals surface area contributed by atoms with Crippen LogP contribution in [0.5, 0.6) is 0 Å². The summed E-state index contributed by atoms with van der Waals surface area (Å²) in [5.41, 5.74) is 13.4. The van der Waals surface area contributed by atoms with Gasteiger partial charge in [-0.3, -0.25) is 0 Å². The molecule has 0 unspecified atom stereocenters. The molecule has 0 atom stereocenters. The van der Waals surface area contributed by atoms with E-state index in [0.29, 0.717) is 0 Å². The second-order valence-electron chi connectivity index (χ2n) is 19.7. The summed E-state index contributed by atoms with van der Waals surface area (Å²) in [5.74, 6) is 0. The summed E-state index contributed by atoms with van der Waals surface area (Å²) >= 11 is -3.67. The van der Waals surface area contributed by atoms with Crippen LogP contribution in [0.3, 0.4) is 0 Å². The molecule has 364 valence electrons. The summed E-state index contributed by atoms with van der Waals surface area (Å²) in [7, 11) is 0. The third-order valence-electron chi connectivity index (χ3n) is 15.4. The van der Waals surface area contributed by atoms with Crippen molar-refractivity contribution in [1.82, 2.24) is 9.13 Å². The summed E-state index contributed by atoms with van der Waals surface area (Å²) in [4.78, 5) is 4.77. The van der Waals surface area contributed by atoms with Crippen molar-refractivity contribution in [2.75, 3.05) is 9.80 Å². The first-order valence-corrected chi connectivity index (χ1v) is 30.6. The predicted octanol–water partition coefficient (Wildman–Crippen LogP) is 16.2. The predicted molar refractivity (Wildman–Crippen MR) is 328 cm³/mol. The molecule has 0 fully saturated rings. The van der Waals surface area contributed by atoms with Gasteiger partial charge in [0.05, 0.1) is 0 Å². The first kappa shape index (κ1) is 46.0. The van der Waals surface area contributed by atoms with Gasteiger partial charge in [-0.05, 0) is 42.5 Å². The molecule has 14 aromatic rings. The fraction of sp³-hybridized carbons (Fsp3) is 0. The van der Waals surface area contributed by atoms with Gasteiger partial charge >= 0.3 is 328 Å². The minimum Gasteiger partial charge on any atom is -0.0602 e. The van der Waals surface area contributed by atoms with Crippen molar-refractivity contribution in [3.8, 4) is 11.4 Å². The van der Waals surface area contributed by atoms with Gasteiger partial charge in [0.25, 0.3) is 0 Å². The Morgan fingerprint density at radius 1 is 0.208 bits per heavy atom. The Morgan fingerprint density at radius 2 is 0.506 bits per heavy atom. The summed E-state index contributed by atoms with van der Waals surface area (Å²) in [6.45, 7) is 0. The molecule has 2 heterocycles. The van der Waals surface area contributed by atoms with Crippen LogP contribution in [0.15, 0.2) is 315 Å². The van der Waals surface area contributed by atoms with E-state index < -0.39 is 13.3 Å². The van der Waals surface area contributed by atoms with Crippen molar-refractivity contribution in [2.24, 2.45) is 0 Å². The number of anilines is 6. The molecule has 0 aliphatic carbocycles. The fourth-order valence-electron chi connectivity index (χ4n) is 12.1. The van der Waals surface area contributed by atoms with Crippen LogP contribution < -0.4 is 27.4 Å². The maximum atomic E-state index is 2.55. The van der Waals surface area contributed by atoms with Crippen LogP contribution in [-0.4, -0.2) is 22.4 Å². The number of para-hydroxylation sites is 5. The van der Waals surface area contributed by atoms with Crippen molar-refractivity contribution in [3.63, 3.8) is 0 Å². The van der Waals surface area contributed by atoms with E-state index in [0.717, 1.165) is 56.5 Å². The van der Waals surface area contributed by atoms with Gasteiger partial charge in [-0.2, -0.15) is 0 Å². The quantitative estimate of drug-likeness (QED) is 0.113. The van der Waals surface area contributed by atoms with Gasteiger partial charge in [0.15, 0.2) is 0 Å². The molecule has 2 aromatic heterocycles. The molecule has 0 N–H and O–H groups in total. The molecule has 14 rings (SSSR count). The van der Waals surface area contributed by atoms with Crippen LogP contribution in [0.2, 0.25) is 0 Å². The van der Waals surface area contributed by atoms with Crippen molar-refractivity contribution < 1.29 is 0 Å². The summed E-state index contributed by atoms with van der Waals surface area (Å²) < 4.78 is 10.4. The van der Waals surface area contributed by atoms with Crippen molar-refractivity contribution in [1.29, 1.82) is 0 Å². The normalized spacial score (nSPS) is 11.6. The topological polar surface area (TPSA) is 16.3 Å². The molecule has 0 saturated heterocycles. The van der Waals surface area contributed by atoms with Crippen molar-refractivity contribution in [2.45, 2.75) is 0 Å². The molecule has 0 amide bonds. The molecule has 0 radical (unpaired) electrons. The fourth-order valence-corrected chi connectivity index (χ4v) is 22.1. The molecule has 0 aliphatic rings. The second kappa shape index (κ2) is 19.6. The monoisotopic (exact) mass is 1050 g/mol. The molecule has 4 nitrogen and oxygen atoms in total. The van der Waals surface area contributed by atoms with Gasteiger partial charge in [0, 0.05) is 17.1 Å². The Balaban J connectivity index is 1.02. The van der Waals surface area contributed by atoms with Crippen LogP contribution in [0, 0.1) is 0 Å². The van der Waals surface area contributed by atoms with Gasteiger partial charge in [-0.1, -0.05) is 66.7 Å². The SMILES string of the molecule is c1ccc(N(c2ccccc2)c2ccc(N(c3ccc4c(c3)c3ccccc3n4-c3ccccc3)c3ccc4c(c3)c3c[c]([Ge]([c]5ccccc5)([c]5ccccc5)[c]5ccccc5)ccc3n4-c3ccccc3)cc2)cc1. The zero-order valence-electron chi connectivity index (χ0n) is 42.3. The number of nitrogens with zero attached hydrogens (tertiary/aromatic N) is 4. The number of fused-ring (bicyclic) bond motifs is 6. The largest absolute Gasteiger partial charge is 0.0602 e. The van der Waals surface area contributed by atoms with E-state index in [1.54, 1.807) is 0 Å². The minimum atomic E-state index is -3.67. The van der Waals surface area contributed by atoms with Gasteiger partial charge in [-0.25, -0.2) is 0 Å². The first-order chi connectivity index (χ1) is 38.2. The average molecular weight is 1050 g/mol. The smallest absolute Gasteiger partial charge is 0.0380 e. The third kappa shape index (κ3) is 7.92. The third-order valence-corrected chi connectivity index (χ3v) is 25.4. The summed E-state index contributed by atoms with van der Waals surface area (Å²) in [5, 5.41) is 4.82. The van der Waals surface area contributed by atoms with Crippen molar-refractivity contribution >= 4 is 109 Å². The molecule has 77 heavy (non-hydrogen) atoms. The summed E-state index contributed by atoms with van der Waals surface area (Å²) in [6, 6.07) is 116. The van der Waals surface area contributed by atoms with Crippen molar-refractivity contribution in [3.05, 3.63) is 315 Å². The second-order valence-corrected chi connectivity index (χ2v) is 27.7. The Bertz CT molecular complexity index is 4220. The van der Waals surface area contributed by atoms with E-state index in [-0.39, 0.29) is 0 Å². The summed E-state index contributed by atoms with van der Waals surface area (Å²) in [6.07, 6.45) is 0. The van der Waals surface area contributed by atoms with Crippen LogP contribution in [-0.2, 0) is 0 Å². The average Bonchev–Trinajstić information content (AvgIpc) is 4.09. The zero-order valence-corrected chi connectivity index (χ0v) is 44.4. The van der Waals surface area contributed by atoms with Crippen LogP contribution in [0.25, 0.3) is 55.0 Å². The standard InChI is InChI=1S/C72H52GeN4/c1-8-24-53(25-9-1)73(54-26-10-2-11-27-54,55-28-12-3-13-29-55)56-40-47-70-66(50-56)68-52-64(46-49-72(68)77(70)60-36-20-7-21-37-60)75(62-43-41-61(42-44-62)74(57-30-14-4-15-31-57)58-32-16-5-17-33-58)63-45-48-71-67(51-63)65-38-22-23-39-69(65)76(71)59-34-18-6-19-35-59/h1-52H. The number of aromatic nitrogens is 2. The number of hydrogen-bond acceptors (Lipinski definition) is 2. The van der Waals surface area contributed by atoms with Crippen LogP contribution >= 0.6 is 0 Å². The number of benzene rings is 12. The Labute approximate surface area is 451 Å². The number of hydrogen-bond donors (Lipinski definition) is 0. The van der Waals surface area contributed by atoms with E-state index >= 15 is 0 Å². The zero-order chi connectivity index (χ0) is 51.1. The maximum Gasteiger partial charge on any atom is -0.0380 e. The molecule has 12 aromatic carbocycles. The molecule has 0 bridgehead atoms. The van der Waals surface area contributed by atoms with E-state index in [4.69, 9.17) is 0 Å². The molecule has 0 saturated carbocycles. The Hall–Kier alpha value is -9.62. The van der Waals surface area contributed by atoms with Crippen LogP contribution in [0.4, 0.5) is 34.1 Å². The van der Waals surface area contributed by atoms with Gasteiger partial charge in [0.1, 0.15) is 0 Å². The molecular weight excluding hydrogens is 993 g/mol. The first-order valence-electron chi connectivity index (χ1n) is 26.4. The van der Waals surface area contributed by atoms with E-state index in [1.165, 1.54) is 50.2 Å². The molecule has 5 heteroatoms. The van der Waals surface area contributed by atoms with E-state index in [9.17, 15) is 0 Å². The number of rotatable bonds is 12. The maximum absolute atomic E-state index is 3.67. The van der Waals surface area contributed by atoms with Crippen LogP contribution in [0.1, 0.15) is 0 Å². The van der Waals surface area contributed by atoms with E-state index in [1.807, 2.05) is 0 Å². The van der Waals surface area contributed by atoms with Gasteiger partial charge in [-0.15, -0.1) is 0 Å². The Morgan fingerprint density at radius 3 is 0.948 bits per heavy atom. The minimum absolute atomic E-state index is 1.05. The molecule has 0 spiro atoms. The van der Waals surface area contributed by atoms with E-state index in [2.05, 4.69) is 334 Å². The van der Waals surface area contributed by atoms with Gasteiger partial charge < -0.3 is 0 Å². The molecule has 0 aliphatic heterocycles. The molecular formula is C72H52GeN4.